The Morgan fingerprint density at radius 1 is 0.476 bits per heavy atom. The Morgan fingerprint density at radius 3 is 1.84 bits per heavy atom. The summed E-state index contributed by atoms with van der Waals surface area (Å²) < 4.78 is 8.99. The lowest BCUT2D eigenvalue weighted by atomic mass is 9.81. The Balaban J connectivity index is 1.03. The maximum atomic E-state index is 6.81. The van der Waals surface area contributed by atoms with E-state index >= 15 is 0 Å². The van der Waals surface area contributed by atoms with E-state index in [2.05, 4.69) is 216 Å². The molecule has 0 fully saturated rings. The molecular weight excluding hydrogens is 771 g/mol. The highest BCUT2D eigenvalue weighted by atomic mass is 16.3. The van der Waals surface area contributed by atoms with Crippen LogP contribution < -0.4 is 4.90 Å². The third kappa shape index (κ3) is 5.62. The van der Waals surface area contributed by atoms with Gasteiger partial charge in [0.2, 0.25) is 5.95 Å². The molecule has 0 amide bonds. The first-order chi connectivity index (χ1) is 31.2. The number of furan rings is 1. The van der Waals surface area contributed by atoms with Crippen LogP contribution in [-0.2, 0) is 0 Å². The van der Waals surface area contributed by atoms with E-state index in [0.717, 1.165) is 72.0 Å². The van der Waals surface area contributed by atoms with Gasteiger partial charge in [-0.1, -0.05) is 164 Å². The van der Waals surface area contributed by atoms with E-state index in [9.17, 15) is 0 Å². The van der Waals surface area contributed by atoms with Gasteiger partial charge in [0.1, 0.15) is 11.3 Å². The molecule has 2 aliphatic rings. The SMILES string of the molecule is C1=CC2C(c3ccccc3N2c2cccc(-c3ccccc3)c2)c2c1oc1cccc(-c3nc(-c4cccc(-c5ccccc5)c4)nc(-n4c5ccccc5c5ccccc54)n3)c21. The third-order valence-corrected chi connectivity index (χ3v) is 12.8. The van der Waals surface area contributed by atoms with Gasteiger partial charge in [-0.3, -0.25) is 4.57 Å². The summed E-state index contributed by atoms with van der Waals surface area (Å²) in [5.74, 6) is 2.59. The topological polar surface area (TPSA) is 60.0 Å². The molecule has 3 aromatic heterocycles. The van der Waals surface area contributed by atoms with Crippen molar-refractivity contribution in [3.8, 4) is 51.0 Å². The van der Waals surface area contributed by atoms with E-state index in [1.165, 1.54) is 22.4 Å². The Morgan fingerprint density at radius 2 is 1.08 bits per heavy atom. The molecule has 0 N–H and O–H groups in total. The van der Waals surface area contributed by atoms with Crippen LogP contribution in [0.15, 0.2) is 211 Å². The minimum Gasteiger partial charge on any atom is -0.456 e. The van der Waals surface area contributed by atoms with Gasteiger partial charge >= 0.3 is 0 Å². The van der Waals surface area contributed by atoms with Crippen molar-refractivity contribution in [2.24, 2.45) is 0 Å². The van der Waals surface area contributed by atoms with Crippen LogP contribution in [0.25, 0.3) is 89.8 Å². The van der Waals surface area contributed by atoms with E-state index < -0.39 is 0 Å². The van der Waals surface area contributed by atoms with Crippen LogP contribution in [0.2, 0.25) is 0 Å². The van der Waals surface area contributed by atoms with Gasteiger partial charge in [0.15, 0.2) is 11.6 Å². The average Bonchev–Trinajstić information content (AvgIpc) is 4.02. The van der Waals surface area contributed by atoms with Gasteiger partial charge in [-0.25, -0.2) is 4.98 Å². The molecule has 0 bridgehead atoms. The molecule has 0 spiro atoms. The Labute approximate surface area is 363 Å². The predicted octanol–water partition coefficient (Wildman–Crippen LogP) is 14.1. The maximum Gasteiger partial charge on any atom is 0.238 e. The van der Waals surface area contributed by atoms with Crippen LogP contribution in [0.5, 0.6) is 0 Å². The second-order valence-corrected chi connectivity index (χ2v) is 16.3. The Bertz CT molecular complexity index is 3550. The van der Waals surface area contributed by atoms with Gasteiger partial charge in [0.05, 0.1) is 17.1 Å². The molecule has 1 aliphatic carbocycles. The van der Waals surface area contributed by atoms with Crippen LogP contribution in [-0.4, -0.2) is 25.6 Å². The molecule has 11 aromatic rings. The monoisotopic (exact) mass is 807 g/mol. The molecular formula is C57H37N5O. The van der Waals surface area contributed by atoms with Crippen LogP contribution in [0, 0.1) is 0 Å². The molecule has 296 valence electrons. The summed E-state index contributed by atoms with van der Waals surface area (Å²) in [4.78, 5) is 18.6. The van der Waals surface area contributed by atoms with Crippen molar-refractivity contribution in [3.05, 3.63) is 223 Å². The number of rotatable bonds is 6. The Kier molecular flexibility index (Phi) is 7.93. The molecule has 2 atom stereocenters. The molecule has 1 aliphatic heterocycles. The number of hydrogen-bond acceptors (Lipinski definition) is 5. The van der Waals surface area contributed by atoms with Crippen molar-refractivity contribution in [1.82, 2.24) is 19.5 Å². The van der Waals surface area contributed by atoms with E-state index in [-0.39, 0.29) is 12.0 Å². The van der Waals surface area contributed by atoms with E-state index in [4.69, 9.17) is 19.4 Å². The van der Waals surface area contributed by atoms with Crippen molar-refractivity contribution in [2.75, 3.05) is 4.90 Å². The molecule has 13 rings (SSSR count). The fourth-order valence-corrected chi connectivity index (χ4v) is 10.1. The first kappa shape index (κ1) is 35.4. The minimum absolute atomic E-state index is 0.00958. The molecule has 0 radical (unpaired) electrons. The number of hydrogen-bond donors (Lipinski definition) is 0. The smallest absolute Gasteiger partial charge is 0.238 e. The van der Waals surface area contributed by atoms with Crippen molar-refractivity contribution in [1.29, 1.82) is 0 Å². The quantitative estimate of drug-likeness (QED) is 0.167. The zero-order chi connectivity index (χ0) is 41.4. The summed E-state index contributed by atoms with van der Waals surface area (Å²) in [7, 11) is 0. The summed E-state index contributed by atoms with van der Waals surface area (Å²) in [5, 5.41) is 3.31. The van der Waals surface area contributed by atoms with E-state index in [0.29, 0.717) is 17.6 Å². The summed E-state index contributed by atoms with van der Waals surface area (Å²) in [5.41, 5.74) is 14.0. The second kappa shape index (κ2) is 14.1. The fourth-order valence-electron chi connectivity index (χ4n) is 10.1. The van der Waals surface area contributed by atoms with Crippen LogP contribution in [0.4, 0.5) is 11.4 Å². The first-order valence-electron chi connectivity index (χ1n) is 21.4. The predicted molar refractivity (Wildman–Crippen MR) is 255 cm³/mol. The van der Waals surface area contributed by atoms with Gasteiger partial charge in [-0.2, -0.15) is 9.97 Å². The molecule has 6 heteroatoms. The Hall–Kier alpha value is -8.35. The van der Waals surface area contributed by atoms with E-state index in [1.807, 2.05) is 6.07 Å². The van der Waals surface area contributed by atoms with Gasteiger partial charge in [0, 0.05) is 50.1 Å². The number of benzene rings is 8. The van der Waals surface area contributed by atoms with Crippen molar-refractivity contribution in [2.45, 2.75) is 12.0 Å². The van der Waals surface area contributed by atoms with Gasteiger partial charge in [-0.15, -0.1) is 0 Å². The fraction of sp³-hybridized carbons (Fsp3) is 0.0351. The van der Waals surface area contributed by atoms with Crippen LogP contribution >= 0.6 is 0 Å². The van der Waals surface area contributed by atoms with Crippen molar-refractivity contribution >= 4 is 50.2 Å². The number of aromatic nitrogens is 4. The summed E-state index contributed by atoms with van der Waals surface area (Å²) in [6.45, 7) is 0. The molecule has 0 saturated heterocycles. The highest BCUT2D eigenvalue weighted by molar-refractivity contribution is 6.09. The molecule has 6 nitrogen and oxygen atoms in total. The maximum absolute atomic E-state index is 6.81. The van der Waals surface area contributed by atoms with Gasteiger partial charge in [0.25, 0.3) is 0 Å². The van der Waals surface area contributed by atoms with Crippen molar-refractivity contribution < 1.29 is 4.42 Å². The van der Waals surface area contributed by atoms with Gasteiger partial charge < -0.3 is 9.32 Å². The minimum atomic E-state index is -0.00958. The lowest BCUT2D eigenvalue weighted by Crippen LogP contribution is -2.30. The summed E-state index contributed by atoms with van der Waals surface area (Å²) >= 11 is 0. The van der Waals surface area contributed by atoms with E-state index in [1.54, 1.807) is 0 Å². The largest absolute Gasteiger partial charge is 0.456 e. The summed E-state index contributed by atoms with van der Waals surface area (Å²) in [6, 6.07) is 70.5. The van der Waals surface area contributed by atoms with Crippen molar-refractivity contribution in [3.63, 3.8) is 0 Å². The standard InChI is InChI=1S/C57H37N5O/c1-3-16-36(17-4-1)38-20-13-22-40(34-38)55-58-56(60-57(59-55)62-46-28-10-7-24-42(46)43-25-8-11-29-47(43)62)45-27-15-31-50-53(45)54-51(63-50)33-32-49-52(54)44-26-9-12-30-48(44)61(49)41-23-14-21-39(35-41)37-18-5-2-6-19-37/h1-35,49,52H. The highest BCUT2D eigenvalue weighted by Gasteiger charge is 2.44. The van der Waals surface area contributed by atoms with Crippen LogP contribution in [0.3, 0.4) is 0 Å². The number of para-hydroxylation sites is 3. The second-order valence-electron chi connectivity index (χ2n) is 16.3. The number of anilines is 2. The third-order valence-electron chi connectivity index (χ3n) is 12.8. The lowest BCUT2D eigenvalue weighted by molar-refractivity contribution is 0.584. The zero-order valence-corrected chi connectivity index (χ0v) is 34.0. The van der Waals surface area contributed by atoms with Gasteiger partial charge in [-0.05, 0) is 76.4 Å². The number of nitrogens with zero attached hydrogens (tertiary/aromatic N) is 5. The molecule has 0 saturated carbocycles. The molecule has 8 aromatic carbocycles. The van der Waals surface area contributed by atoms with Crippen LogP contribution in [0.1, 0.15) is 22.8 Å². The highest BCUT2D eigenvalue weighted by Crippen LogP contribution is 2.54. The summed E-state index contributed by atoms with van der Waals surface area (Å²) in [6.07, 6.45) is 4.48. The molecule has 2 unspecified atom stereocenters. The molecule has 4 heterocycles. The number of fused-ring (bicyclic) bond motifs is 10. The molecule has 63 heavy (non-hydrogen) atoms. The lowest BCUT2D eigenvalue weighted by Gasteiger charge is -2.30. The first-order valence-corrected chi connectivity index (χ1v) is 21.4. The normalized spacial score (nSPS) is 15.2. The average molecular weight is 808 g/mol. The zero-order valence-electron chi connectivity index (χ0n) is 34.0.